The number of para-hydroxylation sites is 1. The Morgan fingerprint density at radius 1 is 1.11 bits per heavy atom. The Bertz CT molecular complexity index is 977. The monoisotopic (exact) mass is 391 g/mol. The van der Waals surface area contributed by atoms with Gasteiger partial charge in [-0.2, -0.15) is 13.2 Å². The second kappa shape index (κ2) is 7.75. The molecule has 0 radical (unpaired) electrons. The van der Waals surface area contributed by atoms with Crippen LogP contribution in [0.1, 0.15) is 34.6 Å². The number of benzene rings is 2. The number of esters is 1. The van der Waals surface area contributed by atoms with Crippen molar-refractivity contribution in [1.29, 1.82) is 0 Å². The SMILES string of the molecule is C[C@@H](NC(=O)COC(=O)c1ccccc1C(F)(F)F)c1cc2ccccc2o1. The molecule has 0 saturated carbocycles. The number of carbonyl (C=O) groups is 2. The molecule has 1 N–H and O–H groups in total. The summed E-state index contributed by atoms with van der Waals surface area (Å²) in [5.41, 5.74) is -1.10. The molecule has 1 atom stereocenters. The largest absolute Gasteiger partial charge is 0.459 e. The van der Waals surface area contributed by atoms with Crippen LogP contribution in [-0.2, 0) is 15.7 Å². The minimum Gasteiger partial charge on any atom is -0.459 e. The van der Waals surface area contributed by atoms with E-state index in [2.05, 4.69) is 5.32 Å². The van der Waals surface area contributed by atoms with Gasteiger partial charge in [0.05, 0.1) is 17.2 Å². The molecule has 8 heteroatoms. The second-order valence-corrected chi connectivity index (χ2v) is 6.10. The molecule has 1 heterocycles. The van der Waals surface area contributed by atoms with Crippen molar-refractivity contribution >= 4 is 22.8 Å². The topological polar surface area (TPSA) is 68.5 Å². The quantitative estimate of drug-likeness (QED) is 0.651. The van der Waals surface area contributed by atoms with E-state index in [0.29, 0.717) is 11.3 Å². The molecular formula is C20H16F3NO4. The van der Waals surface area contributed by atoms with E-state index in [1.165, 1.54) is 12.1 Å². The van der Waals surface area contributed by atoms with Crippen LogP contribution in [0, 0.1) is 0 Å². The summed E-state index contributed by atoms with van der Waals surface area (Å²) < 4.78 is 49.2. The Morgan fingerprint density at radius 2 is 1.79 bits per heavy atom. The smallest absolute Gasteiger partial charge is 0.417 e. The summed E-state index contributed by atoms with van der Waals surface area (Å²) in [5.74, 6) is -1.38. The summed E-state index contributed by atoms with van der Waals surface area (Å²) >= 11 is 0. The molecule has 1 amide bonds. The molecule has 0 aliphatic rings. The van der Waals surface area contributed by atoms with Gasteiger partial charge in [0.2, 0.25) is 0 Å². The fraction of sp³-hybridized carbons (Fsp3) is 0.200. The number of rotatable bonds is 5. The van der Waals surface area contributed by atoms with Crippen LogP contribution in [-0.4, -0.2) is 18.5 Å². The summed E-state index contributed by atoms with van der Waals surface area (Å²) in [5, 5.41) is 3.45. The second-order valence-electron chi connectivity index (χ2n) is 6.10. The number of nitrogens with one attached hydrogen (secondary N) is 1. The number of fused-ring (bicyclic) bond motifs is 1. The minimum atomic E-state index is -4.70. The van der Waals surface area contributed by atoms with E-state index >= 15 is 0 Å². The minimum absolute atomic E-state index is 0.503. The summed E-state index contributed by atoms with van der Waals surface area (Å²) in [4.78, 5) is 24.0. The van der Waals surface area contributed by atoms with Crippen LogP contribution >= 0.6 is 0 Å². The first-order chi connectivity index (χ1) is 13.3. The lowest BCUT2D eigenvalue weighted by atomic mass is 10.1. The van der Waals surface area contributed by atoms with E-state index in [1.54, 1.807) is 19.1 Å². The molecule has 0 fully saturated rings. The molecule has 0 aliphatic heterocycles. The van der Waals surface area contributed by atoms with E-state index < -0.39 is 41.8 Å². The Hall–Kier alpha value is -3.29. The molecule has 0 aliphatic carbocycles. The van der Waals surface area contributed by atoms with Gasteiger partial charge in [0.25, 0.3) is 5.91 Å². The van der Waals surface area contributed by atoms with Crippen molar-refractivity contribution < 1.29 is 31.9 Å². The number of ether oxygens (including phenoxy) is 1. The average molecular weight is 391 g/mol. The van der Waals surface area contributed by atoms with Crippen molar-refractivity contribution in [3.63, 3.8) is 0 Å². The zero-order valence-electron chi connectivity index (χ0n) is 14.7. The molecule has 1 aromatic heterocycles. The Labute approximate surface area is 158 Å². The molecule has 146 valence electrons. The molecule has 2 aromatic carbocycles. The summed E-state index contributed by atoms with van der Waals surface area (Å²) in [6.45, 7) is 0.964. The van der Waals surface area contributed by atoms with Crippen LogP contribution in [0.2, 0.25) is 0 Å². The van der Waals surface area contributed by atoms with Gasteiger partial charge < -0.3 is 14.5 Å². The Balaban J connectivity index is 1.60. The number of hydrogen-bond acceptors (Lipinski definition) is 4. The van der Waals surface area contributed by atoms with Crippen molar-refractivity contribution in [3.8, 4) is 0 Å². The van der Waals surface area contributed by atoms with E-state index in [1.807, 2.05) is 18.2 Å². The van der Waals surface area contributed by atoms with Crippen LogP contribution in [0.25, 0.3) is 11.0 Å². The van der Waals surface area contributed by atoms with Crippen LogP contribution < -0.4 is 5.32 Å². The molecule has 0 saturated heterocycles. The predicted octanol–water partition coefficient (Wildman–Crippen LogP) is 4.49. The first-order valence-electron chi connectivity index (χ1n) is 8.37. The fourth-order valence-electron chi connectivity index (χ4n) is 2.69. The zero-order chi connectivity index (χ0) is 20.3. The van der Waals surface area contributed by atoms with Crippen molar-refractivity contribution in [2.75, 3.05) is 6.61 Å². The number of amides is 1. The highest BCUT2D eigenvalue weighted by atomic mass is 19.4. The Morgan fingerprint density at radius 3 is 2.50 bits per heavy atom. The van der Waals surface area contributed by atoms with Gasteiger partial charge in [-0.05, 0) is 31.2 Å². The molecule has 28 heavy (non-hydrogen) atoms. The van der Waals surface area contributed by atoms with Gasteiger partial charge >= 0.3 is 12.1 Å². The normalized spacial score (nSPS) is 12.6. The highest BCUT2D eigenvalue weighted by Crippen LogP contribution is 2.32. The van der Waals surface area contributed by atoms with Gasteiger partial charge in [-0.3, -0.25) is 4.79 Å². The summed E-state index contributed by atoms with van der Waals surface area (Å²) in [6.07, 6.45) is -4.70. The predicted molar refractivity (Wildman–Crippen MR) is 94.5 cm³/mol. The zero-order valence-corrected chi connectivity index (χ0v) is 14.7. The van der Waals surface area contributed by atoms with Crippen LogP contribution in [0.3, 0.4) is 0 Å². The molecular weight excluding hydrogens is 375 g/mol. The number of hydrogen-bond donors (Lipinski definition) is 1. The van der Waals surface area contributed by atoms with E-state index in [9.17, 15) is 22.8 Å². The van der Waals surface area contributed by atoms with Gasteiger partial charge in [0.1, 0.15) is 11.3 Å². The van der Waals surface area contributed by atoms with Crippen molar-refractivity contribution in [2.45, 2.75) is 19.1 Å². The van der Waals surface area contributed by atoms with Gasteiger partial charge in [0.15, 0.2) is 6.61 Å². The molecule has 0 bridgehead atoms. The maximum absolute atomic E-state index is 13.0. The lowest BCUT2D eigenvalue weighted by Gasteiger charge is -2.13. The fourth-order valence-corrected chi connectivity index (χ4v) is 2.69. The highest BCUT2D eigenvalue weighted by molar-refractivity contribution is 5.93. The highest BCUT2D eigenvalue weighted by Gasteiger charge is 2.35. The lowest BCUT2D eigenvalue weighted by Crippen LogP contribution is -2.31. The Kier molecular flexibility index (Phi) is 5.39. The van der Waals surface area contributed by atoms with E-state index in [4.69, 9.17) is 9.15 Å². The molecule has 5 nitrogen and oxygen atoms in total. The number of furan rings is 1. The third-order valence-corrected chi connectivity index (χ3v) is 4.04. The van der Waals surface area contributed by atoms with Gasteiger partial charge in [-0.25, -0.2) is 4.79 Å². The van der Waals surface area contributed by atoms with Crippen LogP contribution in [0.15, 0.2) is 59.0 Å². The molecule has 3 aromatic rings. The number of carbonyl (C=O) groups excluding carboxylic acids is 2. The summed E-state index contributed by atoms with van der Waals surface area (Å²) in [7, 11) is 0. The van der Waals surface area contributed by atoms with Gasteiger partial charge in [0, 0.05) is 5.39 Å². The van der Waals surface area contributed by atoms with E-state index in [-0.39, 0.29) is 0 Å². The average Bonchev–Trinajstić information content (AvgIpc) is 3.10. The molecule has 3 rings (SSSR count). The van der Waals surface area contributed by atoms with Crippen LogP contribution in [0.4, 0.5) is 13.2 Å². The standard InChI is InChI=1S/C20H16F3NO4/c1-12(17-10-13-6-2-5-9-16(13)28-17)24-18(25)11-27-19(26)14-7-3-4-8-15(14)20(21,22)23/h2-10,12H,11H2,1H3,(H,24,25)/t12-/m1/s1. The number of alkyl halides is 3. The first-order valence-corrected chi connectivity index (χ1v) is 8.37. The van der Waals surface area contributed by atoms with Gasteiger partial charge in [-0.1, -0.05) is 30.3 Å². The maximum atomic E-state index is 13.0. The van der Waals surface area contributed by atoms with Gasteiger partial charge in [-0.15, -0.1) is 0 Å². The van der Waals surface area contributed by atoms with Crippen molar-refractivity contribution in [1.82, 2.24) is 5.32 Å². The maximum Gasteiger partial charge on any atom is 0.417 e. The first kappa shape index (κ1) is 19.5. The van der Waals surface area contributed by atoms with Crippen molar-refractivity contribution in [2.24, 2.45) is 0 Å². The van der Waals surface area contributed by atoms with Crippen molar-refractivity contribution in [3.05, 3.63) is 71.5 Å². The summed E-state index contributed by atoms with van der Waals surface area (Å²) in [6, 6.07) is 12.8. The van der Waals surface area contributed by atoms with Crippen LogP contribution in [0.5, 0.6) is 0 Å². The third kappa shape index (κ3) is 4.33. The lowest BCUT2D eigenvalue weighted by molar-refractivity contribution is -0.138. The third-order valence-electron chi connectivity index (χ3n) is 4.04. The molecule has 0 spiro atoms. The van der Waals surface area contributed by atoms with E-state index in [0.717, 1.165) is 17.5 Å². The number of halogens is 3. The molecule has 0 unspecified atom stereocenters.